The summed E-state index contributed by atoms with van der Waals surface area (Å²) in [6.45, 7) is 5.65. The van der Waals surface area contributed by atoms with Crippen LogP contribution in [0, 0.1) is 5.92 Å². The number of rotatable bonds is 2. The van der Waals surface area contributed by atoms with E-state index in [0.29, 0.717) is 5.03 Å². The van der Waals surface area contributed by atoms with Crippen LogP contribution in [0.1, 0.15) is 32.6 Å². The lowest BCUT2D eigenvalue weighted by Crippen LogP contribution is -2.53. The van der Waals surface area contributed by atoms with Gasteiger partial charge in [-0.2, -0.15) is 0 Å². The highest BCUT2D eigenvalue weighted by Crippen LogP contribution is 2.38. The largest absolute Gasteiger partial charge is 0.325 e. The van der Waals surface area contributed by atoms with Crippen LogP contribution in [-0.2, 0) is 4.79 Å². The van der Waals surface area contributed by atoms with Gasteiger partial charge in [0.2, 0.25) is 0 Å². The van der Waals surface area contributed by atoms with E-state index < -0.39 is 5.54 Å². The summed E-state index contributed by atoms with van der Waals surface area (Å²) in [5.41, 5.74) is -0.693. The van der Waals surface area contributed by atoms with Crippen molar-refractivity contribution in [1.82, 2.24) is 10.2 Å². The van der Waals surface area contributed by atoms with Crippen LogP contribution in [0.3, 0.4) is 0 Å². The molecule has 2 atom stereocenters. The Kier molecular flexibility index (Phi) is 3.17. The van der Waals surface area contributed by atoms with Crippen LogP contribution in [0.15, 0.2) is 11.6 Å². The lowest BCUT2D eigenvalue weighted by molar-refractivity contribution is -0.133. The number of imide groups is 1. The Hall–Kier alpha value is -1.03. The predicted molar refractivity (Wildman–Crippen MR) is 65.6 cm³/mol. The van der Waals surface area contributed by atoms with Gasteiger partial charge < -0.3 is 5.32 Å². The summed E-state index contributed by atoms with van der Waals surface area (Å²) in [4.78, 5) is 25.4. The van der Waals surface area contributed by atoms with E-state index in [2.05, 4.69) is 11.9 Å². The fourth-order valence-electron chi connectivity index (χ4n) is 2.81. The molecular weight excluding hydrogens is 240 g/mol. The highest BCUT2D eigenvalue weighted by atomic mass is 35.5. The molecule has 0 aromatic rings. The number of hydrogen-bond acceptors (Lipinski definition) is 2. The van der Waals surface area contributed by atoms with Crippen molar-refractivity contribution in [1.29, 1.82) is 0 Å². The fourth-order valence-corrected chi connectivity index (χ4v) is 2.93. The van der Waals surface area contributed by atoms with Gasteiger partial charge in [0.1, 0.15) is 5.54 Å². The lowest BCUT2D eigenvalue weighted by Gasteiger charge is -2.36. The maximum absolute atomic E-state index is 12.4. The van der Waals surface area contributed by atoms with Gasteiger partial charge in [0.15, 0.2) is 0 Å². The number of carbonyl (C=O) groups is 2. The zero-order valence-corrected chi connectivity index (χ0v) is 10.7. The van der Waals surface area contributed by atoms with E-state index >= 15 is 0 Å². The first-order chi connectivity index (χ1) is 7.97. The Morgan fingerprint density at radius 1 is 1.59 bits per heavy atom. The molecule has 2 rings (SSSR count). The molecule has 1 spiro atoms. The molecule has 1 saturated carbocycles. The summed E-state index contributed by atoms with van der Waals surface area (Å²) in [6, 6.07) is -0.342. The Morgan fingerprint density at radius 2 is 2.29 bits per heavy atom. The van der Waals surface area contributed by atoms with Crippen LogP contribution in [0.4, 0.5) is 4.79 Å². The van der Waals surface area contributed by atoms with Gasteiger partial charge in [0.05, 0.1) is 6.54 Å². The number of halogens is 1. The molecule has 3 amide bonds. The molecule has 0 radical (unpaired) electrons. The van der Waals surface area contributed by atoms with Gasteiger partial charge in [-0.3, -0.25) is 9.69 Å². The molecule has 2 fully saturated rings. The highest BCUT2D eigenvalue weighted by Gasteiger charge is 2.54. The van der Waals surface area contributed by atoms with Crippen molar-refractivity contribution in [2.75, 3.05) is 6.54 Å². The predicted octanol–water partition coefficient (Wildman–Crippen LogP) is 2.24. The Morgan fingerprint density at radius 3 is 2.88 bits per heavy atom. The molecule has 1 saturated heterocycles. The number of nitrogens with zero attached hydrogens (tertiary/aromatic N) is 1. The molecule has 4 nitrogen and oxygen atoms in total. The Balaban J connectivity index is 2.24. The highest BCUT2D eigenvalue weighted by molar-refractivity contribution is 6.30. The minimum Gasteiger partial charge on any atom is -0.323 e. The summed E-state index contributed by atoms with van der Waals surface area (Å²) in [5.74, 6) is 0.0396. The van der Waals surface area contributed by atoms with Crippen molar-refractivity contribution in [3.63, 3.8) is 0 Å². The SMILES string of the molecule is C=C(Cl)CN1C(=O)N[C@]2(CCCC[C@@H]2C)C1=O. The fraction of sp³-hybridized carbons (Fsp3) is 0.667. The molecule has 0 aromatic carbocycles. The van der Waals surface area contributed by atoms with Crippen LogP contribution in [0.25, 0.3) is 0 Å². The molecule has 2 aliphatic rings. The molecule has 1 heterocycles. The van der Waals surface area contributed by atoms with Gasteiger partial charge in [-0.05, 0) is 18.8 Å². The second-order valence-corrected chi connectivity index (χ2v) is 5.49. The zero-order valence-electron chi connectivity index (χ0n) is 9.96. The van der Waals surface area contributed by atoms with Crippen LogP contribution in [-0.4, -0.2) is 28.9 Å². The smallest absolute Gasteiger partial charge is 0.323 e. The minimum absolute atomic E-state index is 0.0979. The molecule has 94 valence electrons. The first-order valence-corrected chi connectivity index (χ1v) is 6.32. The third kappa shape index (κ3) is 1.95. The number of carbonyl (C=O) groups excluding carboxylic acids is 2. The molecule has 0 aromatic heterocycles. The molecule has 1 aliphatic carbocycles. The maximum atomic E-state index is 12.4. The van der Waals surface area contributed by atoms with Crippen molar-refractivity contribution in [3.8, 4) is 0 Å². The van der Waals surface area contributed by atoms with E-state index in [1.807, 2.05) is 6.92 Å². The molecule has 0 unspecified atom stereocenters. The van der Waals surface area contributed by atoms with Crippen molar-refractivity contribution < 1.29 is 9.59 Å². The van der Waals surface area contributed by atoms with E-state index in [1.54, 1.807) is 0 Å². The molecule has 1 N–H and O–H groups in total. The first kappa shape index (κ1) is 12.4. The molecular formula is C12H17ClN2O2. The molecule has 0 bridgehead atoms. The molecule has 1 aliphatic heterocycles. The van der Waals surface area contributed by atoms with Crippen LogP contribution < -0.4 is 5.32 Å². The number of hydrogen-bond donors (Lipinski definition) is 1. The van der Waals surface area contributed by atoms with E-state index in [-0.39, 0.29) is 24.4 Å². The number of amides is 3. The minimum atomic E-state index is -0.693. The van der Waals surface area contributed by atoms with Crippen LogP contribution in [0.5, 0.6) is 0 Å². The van der Waals surface area contributed by atoms with Gasteiger partial charge in [0, 0.05) is 5.03 Å². The average molecular weight is 257 g/mol. The summed E-state index contributed by atoms with van der Waals surface area (Å²) in [7, 11) is 0. The summed E-state index contributed by atoms with van der Waals surface area (Å²) >= 11 is 5.68. The van der Waals surface area contributed by atoms with Gasteiger partial charge in [-0.25, -0.2) is 4.79 Å². The summed E-state index contributed by atoms with van der Waals surface area (Å²) < 4.78 is 0. The van der Waals surface area contributed by atoms with E-state index in [9.17, 15) is 9.59 Å². The topological polar surface area (TPSA) is 49.4 Å². The molecule has 17 heavy (non-hydrogen) atoms. The third-order valence-electron chi connectivity index (χ3n) is 3.83. The van der Waals surface area contributed by atoms with E-state index in [1.165, 1.54) is 4.90 Å². The molecule has 5 heteroatoms. The van der Waals surface area contributed by atoms with E-state index in [0.717, 1.165) is 25.7 Å². The van der Waals surface area contributed by atoms with Gasteiger partial charge >= 0.3 is 6.03 Å². The Bertz CT molecular complexity index is 383. The average Bonchev–Trinajstić information content (AvgIpc) is 2.48. The van der Waals surface area contributed by atoms with Crippen molar-refractivity contribution in [3.05, 3.63) is 11.6 Å². The summed E-state index contributed by atoms with van der Waals surface area (Å²) in [5, 5.41) is 3.16. The van der Waals surface area contributed by atoms with Crippen LogP contribution >= 0.6 is 11.6 Å². The normalized spacial score (nSPS) is 33.1. The zero-order chi connectivity index (χ0) is 12.6. The second-order valence-electron chi connectivity index (χ2n) is 4.96. The second kappa shape index (κ2) is 4.33. The quantitative estimate of drug-likeness (QED) is 0.771. The standard InChI is InChI=1S/C12H17ClN2O2/c1-8-5-3-4-6-12(8)10(16)15(7-9(2)13)11(17)14-12/h8H,2-7H2,1H3,(H,14,17)/t8-,12-/m0/s1. The van der Waals surface area contributed by atoms with Gasteiger partial charge in [-0.1, -0.05) is 37.9 Å². The maximum Gasteiger partial charge on any atom is 0.325 e. The Labute approximate surface area is 106 Å². The van der Waals surface area contributed by atoms with Gasteiger partial charge in [0.25, 0.3) is 5.91 Å². The first-order valence-electron chi connectivity index (χ1n) is 5.95. The van der Waals surface area contributed by atoms with Gasteiger partial charge in [-0.15, -0.1) is 0 Å². The number of nitrogens with one attached hydrogen (secondary N) is 1. The third-order valence-corrected chi connectivity index (χ3v) is 3.95. The lowest BCUT2D eigenvalue weighted by atomic mass is 9.73. The van der Waals surface area contributed by atoms with E-state index in [4.69, 9.17) is 11.6 Å². The van der Waals surface area contributed by atoms with Crippen molar-refractivity contribution >= 4 is 23.5 Å². The van der Waals surface area contributed by atoms with Crippen LogP contribution in [0.2, 0.25) is 0 Å². The summed E-state index contributed by atoms with van der Waals surface area (Å²) in [6.07, 6.45) is 3.80. The van der Waals surface area contributed by atoms with Crippen molar-refractivity contribution in [2.45, 2.75) is 38.1 Å². The number of urea groups is 1. The monoisotopic (exact) mass is 256 g/mol. The van der Waals surface area contributed by atoms with Crippen molar-refractivity contribution in [2.24, 2.45) is 5.92 Å².